The highest BCUT2D eigenvalue weighted by Gasteiger charge is 2.47. The molecule has 1 amide bonds. The molecule has 0 saturated carbocycles. The third-order valence-corrected chi connectivity index (χ3v) is 5.43. The van der Waals surface area contributed by atoms with Crippen molar-refractivity contribution < 1.29 is 9.53 Å². The molecule has 2 aliphatic rings. The first kappa shape index (κ1) is 17.0. The smallest absolute Gasteiger partial charge is 0.267 e. The van der Waals surface area contributed by atoms with Crippen molar-refractivity contribution in [3.05, 3.63) is 41.9 Å². The van der Waals surface area contributed by atoms with E-state index in [1.165, 1.54) is 0 Å². The largest absolute Gasteiger partial charge is 0.371 e. The first-order valence-corrected chi connectivity index (χ1v) is 9.13. The summed E-state index contributed by atoms with van der Waals surface area (Å²) in [4.78, 5) is 14.4. The summed E-state index contributed by atoms with van der Waals surface area (Å²) in [5.74, 6) is 1.27. The molecule has 7 nitrogen and oxygen atoms in total. The Labute approximate surface area is 153 Å². The zero-order valence-corrected chi connectivity index (χ0v) is 15.3. The van der Waals surface area contributed by atoms with Gasteiger partial charge in [0.2, 0.25) is 0 Å². The van der Waals surface area contributed by atoms with Gasteiger partial charge in [0.05, 0.1) is 25.4 Å². The van der Waals surface area contributed by atoms with Gasteiger partial charge in [0.15, 0.2) is 5.82 Å². The number of carbonyl (C=O) groups excluding carboxylic acids is 1. The molecule has 2 aromatic rings. The number of hydrogen-bond acceptors (Lipinski definition) is 5. The molecule has 2 aliphatic heterocycles. The monoisotopic (exact) mass is 355 g/mol. The van der Waals surface area contributed by atoms with Gasteiger partial charge >= 0.3 is 0 Å². The molecule has 1 unspecified atom stereocenters. The van der Waals surface area contributed by atoms with Gasteiger partial charge < -0.3 is 19.5 Å². The van der Waals surface area contributed by atoms with Crippen LogP contribution in [-0.2, 0) is 11.8 Å². The van der Waals surface area contributed by atoms with Gasteiger partial charge in [0, 0.05) is 19.8 Å². The maximum Gasteiger partial charge on any atom is 0.267 e. The van der Waals surface area contributed by atoms with Crippen molar-refractivity contribution >= 4 is 11.7 Å². The van der Waals surface area contributed by atoms with Gasteiger partial charge in [-0.15, -0.1) is 5.10 Å². The second kappa shape index (κ2) is 6.72. The Morgan fingerprint density at radius 2 is 2.19 bits per heavy atom. The molecular formula is C19H25N5O2. The summed E-state index contributed by atoms with van der Waals surface area (Å²) in [6.45, 7) is 5.03. The topological polar surface area (TPSA) is 72.3 Å². The van der Waals surface area contributed by atoms with E-state index in [2.05, 4.69) is 20.4 Å². The number of hydrogen-bond donors (Lipinski definition) is 1. The Morgan fingerprint density at radius 1 is 1.35 bits per heavy atom. The van der Waals surface area contributed by atoms with Gasteiger partial charge in [-0.1, -0.05) is 0 Å². The lowest BCUT2D eigenvalue weighted by molar-refractivity contribution is -0.115. The number of nitrogens with one attached hydrogen (secondary N) is 1. The molecule has 0 radical (unpaired) electrons. The Bertz CT molecular complexity index is 769. The molecular weight excluding hydrogens is 330 g/mol. The summed E-state index contributed by atoms with van der Waals surface area (Å²) in [5.41, 5.74) is 1.57. The molecule has 4 heterocycles. The lowest BCUT2D eigenvalue weighted by atomic mass is 9.83. The fraction of sp³-hybridized carbons (Fsp3) is 0.526. The zero-order chi connectivity index (χ0) is 18.1. The van der Waals surface area contributed by atoms with E-state index in [9.17, 15) is 4.79 Å². The molecule has 1 atom stereocenters. The van der Waals surface area contributed by atoms with Crippen LogP contribution in [0.1, 0.15) is 29.0 Å². The highest BCUT2D eigenvalue weighted by atomic mass is 16.5. The quantitative estimate of drug-likeness (QED) is 0.901. The number of amides is 1. The van der Waals surface area contributed by atoms with Crippen LogP contribution in [0.4, 0.5) is 5.82 Å². The molecule has 4 rings (SSSR count). The van der Waals surface area contributed by atoms with Crippen LogP contribution < -0.4 is 10.2 Å². The number of rotatable bonds is 4. The molecule has 0 bridgehead atoms. The van der Waals surface area contributed by atoms with Gasteiger partial charge in [0.25, 0.3) is 5.91 Å². The van der Waals surface area contributed by atoms with E-state index in [0.717, 1.165) is 37.4 Å². The maximum atomic E-state index is 12.2. The van der Waals surface area contributed by atoms with E-state index in [1.54, 1.807) is 0 Å². The van der Waals surface area contributed by atoms with Gasteiger partial charge in [0.1, 0.15) is 11.3 Å². The van der Waals surface area contributed by atoms with E-state index in [0.29, 0.717) is 24.8 Å². The summed E-state index contributed by atoms with van der Waals surface area (Å²) in [7, 11) is 1.88. The number of anilines is 1. The number of aromatic nitrogens is 3. The molecule has 2 fully saturated rings. The van der Waals surface area contributed by atoms with Crippen LogP contribution in [0.15, 0.2) is 30.5 Å². The zero-order valence-electron chi connectivity index (χ0n) is 15.3. The maximum absolute atomic E-state index is 12.2. The van der Waals surface area contributed by atoms with Crippen LogP contribution in [0.3, 0.4) is 0 Å². The van der Waals surface area contributed by atoms with Gasteiger partial charge in [-0.25, -0.2) is 0 Å². The van der Waals surface area contributed by atoms with Crippen LogP contribution in [0, 0.1) is 12.8 Å². The number of nitrogens with zero attached hydrogens (tertiary/aromatic N) is 4. The molecule has 138 valence electrons. The Kier molecular flexibility index (Phi) is 4.40. The van der Waals surface area contributed by atoms with Crippen molar-refractivity contribution in [2.45, 2.75) is 25.4 Å². The minimum atomic E-state index is -0.0504. The van der Waals surface area contributed by atoms with Crippen LogP contribution in [0.25, 0.3) is 0 Å². The SMILES string of the molecule is Cc1ccc(N2CC3(CCC(CNC(=O)c4cccn4C)CO3)C2)nn1. The van der Waals surface area contributed by atoms with Gasteiger partial charge in [-0.3, -0.25) is 4.79 Å². The molecule has 1 N–H and O–H groups in total. The highest BCUT2D eigenvalue weighted by molar-refractivity contribution is 5.92. The van der Waals surface area contributed by atoms with Crippen molar-refractivity contribution in [3.63, 3.8) is 0 Å². The lowest BCUT2D eigenvalue weighted by Gasteiger charge is -2.53. The third kappa shape index (κ3) is 3.31. The molecule has 0 aliphatic carbocycles. The molecule has 0 aromatic carbocycles. The van der Waals surface area contributed by atoms with E-state index in [-0.39, 0.29) is 11.5 Å². The van der Waals surface area contributed by atoms with E-state index < -0.39 is 0 Å². The third-order valence-electron chi connectivity index (χ3n) is 5.43. The summed E-state index contributed by atoms with van der Waals surface area (Å²) in [6, 6.07) is 7.71. The van der Waals surface area contributed by atoms with Crippen molar-refractivity contribution in [3.8, 4) is 0 Å². The predicted molar refractivity (Wildman–Crippen MR) is 98.1 cm³/mol. The van der Waals surface area contributed by atoms with Crippen molar-refractivity contribution in [2.24, 2.45) is 13.0 Å². The number of aryl methyl sites for hydroxylation is 2. The average Bonchev–Trinajstić information content (AvgIpc) is 3.05. The van der Waals surface area contributed by atoms with Gasteiger partial charge in [-0.05, 0) is 49.9 Å². The van der Waals surface area contributed by atoms with E-state index in [4.69, 9.17) is 4.74 Å². The first-order chi connectivity index (χ1) is 12.5. The van der Waals surface area contributed by atoms with Crippen molar-refractivity contribution in [1.29, 1.82) is 0 Å². The van der Waals surface area contributed by atoms with Crippen molar-refractivity contribution in [1.82, 2.24) is 20.1 Å². The average molecular weight is 355 g/mol. The molecule has 2 saturated heterocycles. The predicted octanol–water partition coefficient (Wildman–Crippen LogP) is 1.54. The Morgan fingerprint density at radius 3 is 2.81 bits per heavy atom. The van der Waals surface area contributed by atoms with Crippen LogP contribution >= 0.6 is 0 Å². The summed E-state index contributed by atoms with van der Waals surface area (Å²) < 4.78 is 8.02. The highest BCUT2D eigenvalue weighted by Crippen LogP contribution is 2.37. The van der Waals surface area contributed by atoms with Crippen LogP contribution in [0.2, 0.25) is 0 Å². The Hall–Kier alpha value is -2.41. The van der Waals surface area contributed by atoms with Crippen LogP contribution in [0.5, 0.6) is 0 Å². The Balaban J connectivity index is 1.23. The first-order valence-electron chi connectivity index (χ1n) is 9.13. The second-order valence-electron chi connectivity index (χ2n) is 7.50. The normalized spacial score (nSPS) is 21.5. The molecule has 26 heavy (non-hydrogen) atoms. The van der Waals surface area contributed by atoms with Crippen LogP contribution in [-0.4, -0.2) is 52.5 Å². The minimum absolute atomic E-state index is 0.0226. The molecule has 2 aromatic heterocycles. The number of ether oxygens (including phenoxy) is 1. The standard InChI is InChI=1S/C19H25N5O2/c1-14-5-6-17(22-21-14)24-12-19(13-24)8-7-15(11-26-19)10-20-18(25)16-4-3-9-23(16)2/h3-6,9,15H,7-8,10-13H2,1-2H3,(H,20,25). The molecule has 7 heteroatoms. The minimum Gasteiger partial charge on any atom is -0.371 e. The van der Waals surface area contributed by atoms with Crippen molar-refractivity contribution in [2.75, 3.05) is 31.1 Å². The fourth-order valence-corrected chi connectivity index (χ4v) is 3.72. The summed E-state index contributed by atoms with van der Waals surface area (Å²) in [5, 5.41) is 11.4. The second-order valence-corrected chi connectivity index (χ2v) is 7.50. The summed E-state index contributed by atoms with van der Waals surface area (Å²) >= 11 is 0. The summed E-state index contributed by atoms with van der Waals surface area (Å²) in [6.07, 6.45) is 3.97. The fourth-order valence-electron chi connectivity index (χ4n) is 3.72. The van der Waals surface area contributed by atoms with E-state index in [1.807, 2.05) is 49.0 Å². The molecule has 1 spiro atoms. The lowest BCUT2D eigenvalue weighted by Crippen LogP contribution is -2.65. The number of carbonyl (C=O) groups is 1. The van der Waals surface area contributed by atoms with Gasteiger partial charge in [-0.2, -0.15) is 5.10 Å². The van der Waals surface area contributed by atoms with E-state index >= 15 is 0 Å².